The molecule has 0 radical (unpaired) electrons. The van der Waals surface area contributed by atoms with Crippen molar-refractivity contribution in [1.29, 1.82) is 0 Å². The van der Waals surface area contributed by atoms with E-state index in [0.717, 1.165) is 11.4 Å². The molecule has 0 spiro atoms. The lowest BCUT2D eigenvalue weighted by molar-refractivity contribution is -0.428. The molecule has 0 aliphatic carbocycles. The van der Waals surface area contributed by atoms with Crippen molar-refractivity contribution >= 4 is 12.4 Å². The summed E-state index contributed by atoms with van der Waals surface area (Å²) in [6.07, 6.45) is 0. The fourth-order valence-electron chi connectivity index (χ4n) is 0.896. The third-order valence-electron chi connectivity index (χ3n) is 1.36. The number of para-hydroxylation sites is 1. The van der Waals surface area contributed by atoms with Crippen LogP contribution in [0.4, 0.5) is 5.69 Å². The summed E-state index contributed by atoms with van der Waals surface area (Å²) in [5.74, 6) is 0.757. The summed E-state index contributed by atoms with van der Waals surface area (Å²) in [6, 6.07) is 7.55. The third-order valence-corrected chi connectivity index (χ3v) is 1.36. The van der Waals surface area contributed by atoms with E-state index in [1.54, 1.807) is 14.2 Å². The Bertz CT molecular complexity index is 284. The van der Waals surface area contributed by atoms with Crippen molar-refractivity contribution in [3.05, 3.63) is 29.7 Å². The van der Waals surface area contributed by atoms with Gasteiger partial charge >= 0.3 is 0 Å². The first-order chi connectivity index (χ1) is 6.74. The van der Waals surface area contributed by atoms with E-state index in [9.17, 15) is 0 Å². The molecule has 0 atom stereocenters. The summed E-state index contributed by atoms with van der Waals surface area (Å²) in [4.78, 5) is 0. The molecule has 3 heteroatoms. The van der Waals surface area contributed by atoms with Crippen molar-refractivity contribution in [2.75, 3.05) is 14.2 Å². The molecule has 1 rings (SSSR count). The van der Waals surface area contributed by atoms with Gasteiger partial charge in [-0.15, -0.1) is 0 Å². The van der Waals surface area contributed by atoms with E-state index < -0.39 is 0 Å². The molecule has 0 saturated heterocycles. The minimum Gasteiger partial charge on any atom is -0.498 e. The minimum absolute atomic E-state index is 0.757. The summed E-state index contributed by atoms with van der Waals surface area (Å²) in [5.41, 5.74) is 4.92. The molecule has 1 aromatic carbocycles. The van der Waals surface area contributed by atoms with Crippen LogP contribution in [0.5, 0.6) is 5.75 Å². The average Bonchev–Trinajstić information content (AvgIpc) is 2.21. The molecule has 78 valence electrons. The second-order valence-corrected chi connectivity index (χ2v) is 2.43. The molecule has 0 bridgehead atoms. The molecule has 1 aromatic rings. The quantitative estimate of drug-likeness (QED) is 0.413. The smallest absolute Gasteiger partial charge is 0.127 e. The molecule has 0 saturated carbocycles. The number of benzene rings is 1. The van der Waals surface area contributed by atoms with Crippen molar-refractivity contribution in [2.24, 2.45) is 0 Å². The zero-order valence-electron chi connectivity index (χ0n) is 9.32. The maximum Gasteiger partial charge on any atom is 0.127 e. The molecular weight excluding hydrogens is 176 g/mol. The van der Waals surface area contributed by atoms with Crippen molar-refractivity contribution in [3.63, 3.8) is 0 Å². The Morgan fingerprint density at radius 3 is 2.36 bits per heavy atom. The highest BCUT2D eigenvalue weighted by molar-refractivity contribution is 5.57. The molecule has 0 fully saturated rings. The maximum absolute atomic E-state index is 5.10. The van der Waals surface area contributed by atoms with Gasteiger partial charge in [0.05, 0.1) is 7.11 Å². The van der Waals surface area contributed by atoms with Crippen LogP contribution in [0.3, 0.4) is 0 Å². The molecular formula is C11H18N2O. The predicted octanol–water partition coefficient (Wildman–Crippen LogP) is 2.98. The maximum atomic E-state index is 5.10. The predicted molar refractivity (Wildman–Crippen MR) is 60.7 cm³/mol. The normalized spacial score (nSPS) is 8.29. The van der Waals surface area contributed by atoms with Gasteiger partial charge in [-0.1, -0.05) is 32.0 Å². The van der Waals surface area contributed by atoms with Gasteiger partial charge in [-0.05, 0) is 11.8 Å². The number of ether oxygens (including phenoxy) is 1. The van der Waals surface area contributed by atoms with Gasteiger partial charge in [0, 0.05) is 0 Å². The summed E-state index contributed by atoms with van der Waals surface area (Å²) in [6.45, 7) is 7.62. The number of methoxy groups -OCH3 is 1. The second kappa shape index (κ2) is 6.95. The lowest BCUT2D eigenvalue weighted by Crippen LogP contribution is -1.92. The zero-order valence-corrected chi connectivity index (χ0v) is 9.32. The molecule has 0 N–H and O–H groups in total. The van der Waals surface area contributed by atoms with Crippen molar-refractivity contribution in [1.82, 2.24) is 0 Å². The van der Waals surface area contributed by atoms with Gasteiger partial charge < -0.3 is 10.2 Å². The Balaban J connectivity index is 0.000000791. The summed E-state index contributed by atoms with van der Waals surface area (Å²) in [7, 11) is 3.39. The number of nitrogens with zero attached hydrogens (tertiary/aromatic N) is 2. The average molecular weight is 194 g/mol. The van der Waals surface area contributed by atoms with Crippen LogP contribution in [-0.2, 0) is 0 Å². The lowest BCUT2D eigenvalue weighted by atomic mass is 10.3. The van der Waals surface area contributed by atoms with E-state index in [0.29, 0.717) is 0 Å². The standard InChI is InChI=1S/C9H12N2O.C2H6/c1-11(2)10-8-6-4-5-7-9(8)12-3;1-2/h4-7H,1H2,2-3H3;1-2H3. The van der Waals surface area contributed by atoms with Crippen molar-refractivity contribution in [2.45, 2.75) is 13.8 Å². The van der Waals surface area contributed by atoms with Crippen LogP contribution in [0.15, 0.2) is 24.3 Å². The highest BCUT2D eigenvalue weighted by Crippen LogP contribution is 2.29. The van der Waals surface area contributed by atoms with Crippen LogP contribution < -0.4 is 4.74 Å². The van der Waals surface area contributed by atoms with Gasteiger partial charge in [0.1, 0.15) is 19.5 Å². The second-order valence-electron chi connectivity index (χ2n) is 2.43. The molecule has 0 aliphatic rings. The minimum atomic E-state index is 0.757. The summed E-state index contributed by atoms with van der Waals surface area (Å²) < 4.78 is 6.60. The van der Waals surface area contributed by atoms with Crippen LogP contribution in [-0.4, -0.2) is 25.6 Å². The van der Waals surface area contributed by atoms with Crippen molar-refractivity contribution in [3.8, 4) is 5.75 Å². The fourth-order valence-corrected chi connectivity index (χ4v) is 0.896. The summed E-state index contributed by atoms with van der Waals surface area (Å²) >= 11 is 0. The third kappa shape index (κ3) is 3.94. The SMILES string of the molecule is C=[N+](C)[N-]c1ccccc1OC.CC. The van der Waals surface area contributed by atoms with Gasteiger partial charge in [-0.25, -0.2) is 0 Å². The van der Waals surface area contributed by atoms with Gasteiger partial charge in [0.15, 0.2) is 0 Å². The molecule has 0 aliphatic heterocycles. The number of hydrogen-bond acceptors (Lipinski definition) is 1. The van der Waals surface area contributed by atoms with Crippen molar-refractivity contribution < 1.29 is 9.42 Å². The van der Waals surface area contributed by atoms with Crippen LogP contribution in [0, 0.1) is 0 Å². The van der Waals surface area contributed by atoms with Crippen LogP contribution in [0.25, 0.3) is 5.43 Å². The highest BCUT2D eigenvalue weighted by Gasteiger charge is 1.92. The molecule has 0 unspecified atom stereocenters. The van der Waals surface area contributed by atoms with Gasteiger partial charge in [0.2, 0.25) is 0 Å². The van der Waals surface area contributed by atoms with Gasteiger partial charge in [-0.3, -0.25) is 4.68 Å². The number of hydrogen-bond donors (Lipinski definition) is 0. The molecule has 3 nitrogen and oxygen atoms in total. The molecule has 0 heterocycles. The van der Waals surface area contributed by atoms with Crippen LogP contribution in [0.1, 0.15) is 13.8 Å². The van der Waals surface area contributed by atoms with E-state index in [4.69, 9.17) is 4.74 Å². The first-order valence-electron chi connectivity index (χ1n) is 4.63. The van der Waals surface area contributed by atoms with Gasteiger partial charge in [0.25, 0.3) is 0 Å². The highest BCUT2D eigenvalue weighted by atomic mass is 16.5. The first kappa shape index (κ1) is 12.5. The van der Waals surface area contributed by atoms with E-state index >= 15 is 0 Å². The Hall–Kier alpha value is -1.51. The van der Waals surface area contributed by atoms with Gasteiger partial charge in [-0.2, -0.15) is 0 Å². The van der Waals surface area contributed by atoms with Crippen LogP contribution >= 0.6 is 0 Å². The first-order valence-corrected chi connectivity index (χ1v) is 4.63. The van der Waals surface area contributed by atoms with E-state index in [1.807, 2.05) is 38.1 Å². The Morgan fingerprint density at radius 2 is 1.86 bits per heavy atom. The van der Waals surface area contributed by atoms with E-state index in [-0.39, 0.29) is 0 Å². The van der Waals surface area contributed by atoms with E-state index in [2.05, 4.69) is 12.1 Å². The molecule has 0 aromatic heterocycles. The number of rotatable bonds is 3. The molecule has 0 amide bonds. The monoisotopic (exact) mass is 194 g/mol. The van der Waals surface area contributed by atoms with Crippen LogP contribution in [0.2, 0.25) is 0 Å². The Labute approximate surface area is 86.0 Å². The Morgan fingerprint density at radius 1 is 1.29 bits per heavy atom. The fraction of sp³-hybridized carbons (Fsp3) is 0.364. The Kier molecular flexibility index (Phi) is 6.20. The van der Waals surface area contributed by atoms with E-state index in [1.165, 1.54) is 4.68 Å². The molecule has 14 heavy (non-hydrogen) atoms. The zero-order chi connectivity index (χ0) is 11.0. The summed E-state index contributed by atoms with van der Waals surface area (Å²) in [5, 5.41) is 0. The lowest BCUT2D eigenvalue weighted by Gasteiger charge is -2.16. The largest absolute Gasteiger partial charge is 0.498 e. The topological polar surface area (TPSA) is 26.3 Å².